The number of hydrogen-bond donors (Lipinski definition) is 2. The summed E-state index contributed by atoms with van der Waals surface area (Å²) in [5.41, 5.74) is 6.32. The lowest BCUT2D eigenvalue weighted by Gasteiger charge is -2.13. The van der Waals surface area contributed by atoms with Crippen LogP contribution in [0, 0.1) is 11.6 Å². The Morgan fingerprint density at radius 2 is 1.83 bits per heavy atom. The Hall–Kier alpha value is -2.31. The van der Waals surface area contributed by atoms with Gasteiger partial charge < -0.3 is 15.2 Å². The van der Waals surface area contributed by atoms with Crippen molar-refractivity contribution in [1.82, 2.24) is 10.2 Å². The van der Waals surface area contributed by atoms with E-state index in [1.165, 1.54) is 20.4 Å². The summed E-state index contributed by atoms with van der Waals surface area (Å²) in [6.07, 6.45) is 1.39. The fourth-order valence-corrected chi connectivity index (χ4v) is 1.68. The van der Waals surface area contributed by atoms with Crippen LogP contribution in [0.2, 0.25) is 0 Å². The minimum Gasteiger partial charge on any atom is -0.492 e. The third-order valence-corrected chi connectivity index (χ3v) is 2.50. The molecule has 1 aromatic heterocycles. The molecule has 0 bridgehead atoms. The van der Waals surface area contributed by atoms with Gasteiger partial charge in [0.1, 0.15) is 5.82 Å². The Morgan fingerprint density at radius 1 is 1.17 bits per heavy atom. The van der Waals surface area contributed by atoms with E-state index in [0.29, 0.717) is 5.56 Å². The van der Waals surface area contributed by atoms with Crippen molar-refractivity contribution in [3.8, 4) is 22.6 Å². The van der Waals surface area contributed by atoms with Gasteiger partial charge in [-0.3, -0.25) is 5.10 Å². The summed E-state index contributed by atoms with van der Waals surface area (Å²) in [4.78, 5) is 0. The highest BCUT2D eigenvalue weighted by molar-refractivity contribution is 5.80. The van der Waals surface area contributed by atoms with E-state index in [-0.39, 0.29) is 22.9 Å². The minimum absolute atomic E-state index is 0.0597. The van der Waals surface area contributed by atoms with Gasteiger partial charge in [0, 0.05) is 11.1 Å². The lowest BCUT2D eigenvalue weighted by molar-refractivity contribution is 0.329. The Kier molecular flexibility index (Phi) is 3.05. The molecule has 0 saturated heterocycles. The molecule has 1 heterocycles. The van der Waals surface area contributed by atoms with Gasteiger partial charge in [-0.25, -0.2) is 4.39 Å². The van der Waals surface area contributed by atoms with Crippen molar-refractivity contribution in [3.63, 3.8) is 0 Å². The quantitative estimate of drug-likeness (QED) is 0.879. The number of nitrogen functional groups attached to an aromatic ring is 1. The number of H-pyrrole nitrogens is 1. The lowest BCUT2D eigenvalue weighted by atomic mass is 10.1. The number of halogens is 2. The maximum Gasteiger partial charge on any atom is 0.204 e. The van der Waals surface area contributed by atoms with Crippen LogP contribution in [0.25, 0.3) is 11.1 Å². The zero-order valence-electron chi connectivity index (χ0n) is 9.75. The summed E-state index contributed by atoms with van der Waals surface area (Å²) >= 11 is 0. The van der Waals surface area contributed by atoms with Gasteiger partial charge in [0.15, 0.2) is 11.6 Å². The second kappa shape index (κ2) is 4.52. The van der Waals surface area contributed by atoms with Crippen molar-refractivity contribution < 1.29 is 18.3 Å². The molecule has 18 heavy (non-hydrogen) atoms. The average Bonchev–Trinajstić information content (AvgIpc) is 2.78. The summed E-state index contributed by atoms with van der Waals surface area (Å²) in [7, 11) is 2.55. The van der Waals surface area contributed by atoms with Crippen LogP contribution in [-0.2, 0) is 0 Å². The summed E-state index contributed by atoms with van der Waals surface area (Å²) in [5, 5.41) is 6.22. The largest absolute Gasteiger partial charge is 0.492 e. The van der Waals surface area contributed by atoms with Gasteiger partial charge in [0.25, 0.3) is 0 Å². The number of nitrogens with one attached hydrogen (secondary N) is 1. The van der Waals surface area contributed by atoms with Crippen molar-refractivity contribution in [1.29, 1.82) is 0 Å². The normalized spacial score (nSPS) is 10.4. The number of nitrogens with two attached hydrogens (primary N) is 1. The van der Waals surface area contributed by atoms with Crippen LogP contribution in [0.15, 0.2) is 12.3 Å². The first-order valence-electron chi connectivity index (χ1n) is 4.99. The molecule has 5 nitrogen and oxygen atoms in total. The van der Waals surface area contributed by atoms with E-state index >= 15 is 0 Å². The maximum atomic E-state index is 13.5. The highest BCUT2D eigenvalue weighted by atomic mass is 19.2. The molecule has 7 heteroatoms. The third-order valence-electron chi connectivity index (χ3n) is 2.50. The number of methoxy groups -OCH3 is 2. The average molecular weight is 255 g/mol. The summed E-state index contributed by atoms with van der Waals surface area (Å²) in [6, 6.07) is 0.984. The molecule has 0 amide bonds. The molecule has 0 atom stereocenters. The molecular formula is C11H11F2N3O2. The van der Waals surface area contributed by atoms with Gasteiger partial charge in [0.05, 0.1) is 20.4 Å². The molecule has 2 rings (SSSR count). The van der Waals surface area contributed by atoms with Crippen molar-refractivity contribution >= 4 is 5.82 Å². The van der Waals surface area contributed by atoms with Crippen LogP contribution in [0.3, 0.4) is 0 Å². The number of hydrogen-bond acceptors (Lipinski definition) is 4. The van der Waals surface area contributed by atoms with Crippen molar-refractivity contribution in [2.24, 2.45) is 0 Å². The van der Waals surface area contributed by atoms with E-state index in [4.69, 9.17) is 15.2 Å². The predicted molar refractivity (Wildman–Crippen MR) is 61.5 cm³/mol. The molecule has 0 fully saturated rings. The molecule has 2 aromatic rings. The molecule has 96 valence electrons. The molecule has 0 spiro atoms. The van der Waals surface area contributed by atoms with E-state index in [1.807, 2.05) is 0 Å². The molecule has 0 radical (unpaired) electrons. The Labute approximate surface area is 102 Å². The van der Waals surface area contributed by atoms with E-state index in [1.54, 1.807) is 0 Å². The predicted octanol–water partition coefficient (Wildman–Crippen LogP) is 1.95. The highest BCUT2D eigenvalue weighted by Gasteiger charge is 2.22. The number of nitrogens with zero attached hydrogens (tertiary/aromatic N) is 1. The number of aromatic nitrogens is 2. The molecule has 3 N–H and O–H groups in total. The van der Waals surface area contributed by atoms with Crippen molar-refractivity contribution in [2.45, 2.75) is 0 Å². The van der Waals surface area contributed by atoms with Crippen LogP contribution in [0.4, 0.5) is 14.6 Å². The molecular weight excluding hydrogens is 244 g/mol. The molecule has 0 aliphatic heterocycles. The standard InChI is InChI=1S/C11H11F2N3O2/c1-17-9-5(6-4-15-16-11(6)14)3-7(12)8(13)10(9)18-2/h3-4H,1-2H3,(H3,14,15,16). The molecule has 0 unspecified atom stereocenters. The SMILES string of the molecule is COc1c(-c2cn[nH]c2N)cc(F)c(F)c1OC. The van der Waals surface area contributed by atoms with Gasteiger partial charge in [-0.1, -0.05) is 0 Å². The minimum atomic E-state index is -1.11. The maximum absolute atomic E-state index is 13.5. The number of ether oxygens (including phenoxy) is 2. The second-order valence-corrected chi connectivity index (χ2v) is 3.48. The molecule has 0 aliphatic carbocycles. The molecule has 0 aliphatic rings. The van der Waals surface area contributed by atoms with Crippen LogP contribution in [0.5, 0.6) is 11.5 Å². The number of rotatable bonds is 3. The fourth-order valence-electron chi connectivity index (χ4n) is 1.68. The Balaban J connectivity index is 2.75. The van der Waals surface area contributed by atoms with E-state index < -0.39 is 11.6 Å². The number of aromatic amines is 1. The lowest BCUT2D eigenvalue weighted by Crippen LogP contribution is -2.00. The first-order valence-corrected chi connectivity index (χ1v) is 4.99. The van der Waals surface area contributed by atoms with Crippen molar-refractivity contribution in [2.75, 3.05) is 20.0 Å². The smallest absolute Gasteiger partial charge is 0.204 e. The summed E-state index contributed by atoms with van der Waals surface area (Å²) in [6.45, 7) is 0. The van der Waals surface area contributed by atoms with Crippen LogP contribution in [0.1, 0.15) is 0 Å². The molecule has 1 aromatic carbocycles. The third kappa shape index (κ3) is 1.73. The van der Waals surface area contributed by atoms with Crippen LogP contribution >= 0.6 is 0 Å². The first kappa shape index (κ1) is 12.2. The van der Waals surface area contributed by atoms with Gasteiger partial charge in [-0.05, 0) is 6.07 Å². The Morgan fingerprint density at radius 3 is 2.33 bits per heavy atom. The van der Waals surface area contributed by atoms with E-state index in [2.05, 4.69) is 10.2 Å². The van der Waals surface area contributed by atoms with E-state index in [9.17, 15) is 8.78 Å². The Bertz CT molecular complexity index is 584. The van der Waals surface area contributed by atoms with Gasteiger partial charge in [-0.2, -0.15) is 9.49 Å². The van der Waals surface area contributed by atoms with Crippen molar-refractivity contribution in [3.05, 3.63) is 23.9 Å². The highest BCUT2D eigenvalue weighted by Crippen LogP contribution is 2.42. The zero-order chi connectivity index (χ0) is 13.3. The van der Waals surface area contributed by atoms with Crippen LogP contribution in [-0.4, -0.2) is 24.4 Å². The number of anilines is 1. The zero-order valence-corrected chi connectivity index (χ0v) is 9.75. The molecule has 0 saturated carbocycles. The van der Waals surface area contributed by atoms with Gasteiger partial charge in [0.2, 0.25) is 11.6 Å². The first-order chi connectivity index (χ1) is 8.60. The fraction of sp³-hybridized carbons (Fsp3) is 0.182. The summed E-state index contributed by atoms with van der Waals surface area (Å²) in [5.74, 6) is -2.19. The number of benzene rings is 1. The monoisotopic (exact) mass is 255 g/mol. The van der Waals surface area contributed by atoms with E-state index in [0.717, 1.165) is 6.07 Å². The second-order valence-electron chi connectivity index (χ2n) is 3.48. The summed E-state index contributed by atoms with van der Waals surface area (Å²) < 4.78 is 36.9. The van der Waals surface area contributed by atoms with Gasteiger partial charge >= 0.3 is 0 Å². The topological polar surface area (TPSA) is 73.2 Å². The van der Waals surface area contributed by atoms with Gasteiger partial charge in [-0.15, -0.1) is 0 Å². The van der Waals surface area contributed by atoms with Crippen LogP contribution < -0.4 is 15.2 Å².